The number of aryl methyl sites for hydroxylation is 2. The molecule has 0 atom stereocenters. The van der Waals surface area contributed by atoms with Crippen LogP contribution in [-0.4, -0.2) is 15.3 Å². The van der Waals surface area contributed by atoms with Crippen molar-refractivity contribution in [1.82, 2.24) is 9.38 Å². The van der Waals surface area contributed by atoms with Crippen LogP contribution in [0.4, 0.5) is 10.1 Å². The Kier molecular flexibility index (Phi) is 4.05. The van der Waals surface area contributed by atoms with Gasteiger partial charge in [-0.05, 0) is 49.2 Å². The molecule has 0 fully saturated rings. The number of nitrogens with one attached hydrogen (secondary N) is 1. The van der Waals surface area contributed by atoms with Crippen molar-refractivity contribution in [3.05, 3.63) is 64.3 Å². The summed E-state index contributed by atoms with van der Waals surface area (Å²) in [7, 11) is 0. The Bertz CT molecular complexity index is 904. The van der Waals surface area contributed by atoms with E-state index in [-0.39, 0.29) is 10.9 Å². The molecule has 0 saturated heterocycles. The van der Waals surface area contributed by atoms with Gasteiger partial charge < -0.3 is 5.32 Å². The maximum Gasteiger partial charge on any atom is 0.274 e. The van der Waals surface area contributed by atoms with Gasteiger partial charge in [-0.15, -0.1) is 0 Å². The first-order valence-electron chi connectivity index (χ1n) is 7.23. The molecule has 2 heterocycles. The fourth-order valence-electron chi connectivity index (χ4n) is 2.45. The predicted molar refractivity (Wildman–Crippen MR) is 88.7 cm³/mol. The Balaban J connectivity index is 2.01. The van der Waals surface area contributed by atoms with Crippen LogP contribution in [0.25, 0.3) is 5.65 Å². The Hall–Kier alpha value is -2.40. The molecule has 2 aromatic heterocycles. The largest absolute Gasteiger partial charge is 0.321 e. The SMILES string of the molecule is CCc1nc2cc(C)ccn2c1C(=O)Nc1ccc(F)c(Cl)c1. The predicted octanol–water partition coefficient (Wildman–Crippen LogP) is 4.25. The molecule has 0 unspecified atom stereocenters. The molecule has 0 bridgehead atoms. The highest BCUT2D eigenvalue weighted by Crippen LogP contribution is 2.21. The number of anilines is 1. The number of benzene rings is 1. The van der Waals surface area contributed by atoms with Crippen LogP contribution in [0, 0.1) is 12.7 Å². The molecule has 4 nitrogen and oxygen atoms in total. The summed E-state index contributed by atoms with van der Waals surface area (Å²) in [6, 6.07) is 7.91. The molecular weight excluding hydrogens is 317 g/mol. The second kappa shape index (κ2) is 6.01. The molecule has 0 aliphatic heterocycles. The number of hydrogen-bond donors (Lipinski definition) is 1. The number of fused-ring (bicyclic) bond motifs is 1. The number of carbonyl (C=O) groups excluding carboxylic acids is 1. The average Bonchev–Trinajstić information content (AvgIpc) is 2.88. The van der Waals surface area contributed by atoms with Gasteiger partial charge >= 0.3 is 0 Å². The van der Waals surface area contributed by atoms with Crippen molar-refractivity contribution < 1.29 is 9.18 Å². The first-order chi connectivity index (χ1) is 11.0. The van der Waals surface area contributed by atoms with Crippen LogP contribution in [-0.2, 0) is 6.42 Å². The third-order valence-corrected chi connectivity index (χ3v) is 3.87. The number of nitrogens with zero attached hydrogens (tertiary/aromatic N) is 2. The highest BCUT2D eigenvalue weighted by molar-refractivity contribution is 6.31. The van der Waals surface area contributed by atoms with Gasteiger partial charge in [-0.1, -0.05) is 18.5 Å². The summed E-state index contributed by atoms with van der Waals surface area (Å²) in [5.41, 5.74) is 3.42. The van der Waals surface area contributed by atoms with Crippen LogP contribution < -0.4 is 5.32 Å². The topological polar surface area (TPSA) is 46.4 Å². The Labute approximate surface area is 137 Å². The zero-order chi connectivity index (χ0) is 16.6. The van der Waals surface area contributed by atoms with Crippen LogP contribution in [0.1, 0.15) is 28.7 Å². The van der Waals surface area contributed by atoms with Gasteiger partial charge in [-0.3, -0.25) is 9.20 Å². The van der Waals surface area contributed by atoms with Gasteiger partial charge in [0.25, 0.3) is 5.91 Å². The van der Waals surface area contributed by atoms with E-state index in [0.717, 1.165) is 11.2 Å². The number of imidazole rings is 1. The molecule has 0 radical (unpaired) electrons. The van der Waals surface area contributed by atoms with Crippen LogP contribution in [0.5, 0.6) is 0 Å². The molecule has 1 aromatic carbocycles. The summed E-state index contributed by atoms with van der Waals surface area (Å²) in [6.45, 7) is 3.92. The number of halogens is 2. The van der Waals surface area contributed by atoms with E-state index in [4.69, 9.17) is 11.6 Å². The van der Waals surface area contributed by atoms with Crippen LogP contribution in [0.15, 0.2) is 36.5 Å². The standard InChI is InChI=1S/C17H15ClFN3O/c1-3-14-16(22-7-6-10(2)8-15(22)21-14)17(23)20-11-4-5-13(19)12(18)9-11/h4-9H,3H2,1-2H3,(H,20,23). The van der Waals surface area contributed by atoms with E-state index < -0.39 is 5.82 Å². The van der Waals surface area contributed by atoms with E-state index in [1.54, 1.807) is 4.40 Å². The first-order valence-corrected chi connectivity index (χ1v) is 7.61. The van der Waals surface area contributed by atoms with Gasteiger partial charge in [0.15, 0.2) is 0 Å². The number of rotatable bonds is 3. The lowest BCUT2D eigenvalue weighted by Gasteiger charge is -2.07. The summed E-state index contributed by atoms with van der Waals surface area (Å²) >= 11 is 5.75. The van der Waals surface area contributed by atoms with Crippen molar-refractivity contribution in [3.8, 4) is 0 Å². The summed E-state index contributed by atoms with van der Waals surface area (Å²) in [4.78, 5) is 17.1. The second-order valence-corrected chi connectivity index (χ2v) is 5.68. The minimum atomic E-state index is -0.524. The zero-order valence-electron chi connectivity index (χ0n) is 12.7. The van der Waals surface area contributed by atoms with Crippen molar-refractivity contribution in [1.29, 1.82) is 0 Å². The highest BCUT2D eigenvalue weighted by atomic mass is 35.5. The van der Waals surface area contributed by atoms with Crippen LogP contribution in [0.2, 0.25) is 5.02 Å². The fourth-order valence-corrected chi connectivity index (χ4v) is 2.63. The first kappa shape index (κ1) is 15.5. The summed E-state index contributed by atoms with van der Waals surface area (Å²) in [5.74, 6) is -0.829. The number of carbonyl (C=O) groups is 1. The monoisotopic (exact) mass is 331 g/mol. The molecular formula is C17H15ClFN3O. The van der Waals surface area contributed by atoms with Crippen molar-refractivity contribution in [3.63, 3.8) is 0 Å². The molecule has 0 aliphatic carbocycles. The molecule has 3 rings (SSSR count). The van der Waals surface area contributed by atoms with Crippen molar-refractivity contribution in [2.45, 2.75) is 20.3 Å². The van der Waals surface area contributed by atoms with Crippen LogP contribution in [0.3, 0.4) is 0 Å². The molecule has 3 aromatic rings. The molecule has 0 aliphatic rings. The van der Waals surface area contributed by atoms with Crippen molar-refractivity contribution >= 4 is 28.8 Å². The number of aromatic nitrogens is 2. The van der Waals surface area contributed by atoms with E-state index in [9.17, 15) is 9.18 Å². The maximum absolute atomic E-state index is 13.2. The molecule has 0 saturated carbocycles. The Morgan fingerprint density at radius 1 is 1.35 bits per heavy atom. The number of pyridine rings is 1. The van der Waals surface area contributed by atoms with Gasteiger partial charge in [-0.2, -0.15) is 0 Å². The van der Waals surface area contributed by atoms with Crippen LogP contribution >= 0.6 is 11.6 Å². The maximum atomic E-state index is 13.2. The van der Waals surface area contributed by atoms with E-state index in [2.05, 4.69) is 10.3 Å². The Morgan fingerprint density at radius 2 is 2.13 bits per heavy atom. The van der Waals surface area contributed by atoms with Gasteiger partial charge in [0, 0.05) is 11.9 Å². The molecule has 23 heavy (non-hydrogen) atoms. The Morgan fingerprint density at radius 3 is 2.83 bits per heavy atom. The van der Waals surface area contributed by atoms with E-state index >= 15 is 0 Å². The van der Waals surface area contributed by atoms with Gasteiger partial charge in [0.05, 0.1) is 10.7 Å². The normalized spacial score (nSPS) is 11.0. The number of hydrogen-bond acceptors (Lipinski definition) is 2. The third kappa shape index (κ3) is 2.92. The zero-order valence-corrected chi connectivity index (χ0v) is 13.5. The van der Waals surface area contributed by atoms with E-state index in [1.165, 1.54) is 18.2 Å². The average molecular weight is 332 g/mol. The van der Waals surface area contributed by atoms with Gasteiger partial charge in [-0.25, -0.2) is 9.37 Å². The number of amides is 1. The fraction of sp³-hybridized carbons (Fsp3) is 0.176. The molecule has 0 spiro atoms. The second-order valence-electron chi connectivity index (χ2n) is 5.28. The minimum Gasteiger partial charge on any atom is -0.321 e. The highest BCUT2D eigenvalue weighted by Gasteiger charge is 2.18. The summed E-state index contributed by atoms with van der Waals surface area (Å²) in [5, 5.41) is 2.71. The summed E-state index contributed by atoms with van der Waals surface area (Å²) in [6.07, 6.45) is 2.46. The molecule has 118 valence electrons. The lowest BCUT2D eigenvalue weighted by Crippen LogP contribution is -2.16. The van der Waals surface area contributed by atoms with Crippen molar-refractivity contribution in [2.24, 2.45) is 0 Å². The molecule has 6 heteroatoms. The van der Waals surface area contributed by atoms with Crippen molar-refractivity contribution in [2.75, 3.05) is 5.32 Å². The molecule has 1 N–H and O–H groups in total. The van der Waals surface area contributed by atoms with E-state index in [1.807, 2.05) is 32.2 Å². The smallest absolute Gasteiger partial charge is 0.274 e. The van der Waals surface area contributed by atoms with Gasteiger partial charge in [0.2, 0.25) is 0 Å². The lowest BCUT2D eigenvalue weighted by molar-refractivity contribution is 0.102. The minimum absolute atomic E-state index is 0.0349. The summed E-state index contributed by atoms with van der Waals surface area (Å²) < 4.78 is 15.0. The molecule has 1 amide bonds. The van der Waals surface area contributed by atoms with E-state index in [0.29, 0.717) is 23.5 Å². The lowest BCUT2D eigenvalue weighted by atomic mass is 10.2. The third-order valence-electron chi connectivity index (χ3n) is 3.58. The van der Waals surface area contributed by atoms with Gasteiger partial charge in [0.1, 0.15) is 17.2 Å². The quantitative estimate of drug-likeness (QED) is 0.780.